The molecule has 0 fully saturated rings. The number of carbonyl (C=O) groups excluding carboxylic acids is 2. The van der Waals surface area contributed by atoms with E-state index in [9.17, 15) is 19.7 Å². The van der Waals surface area contributed by atoms with Gasteiger partial charge in [-0.1, -0.05) is 0 Å². The molecule has 0 bridgehead atoms. The first-order chi connectivity index (χ1) is 8.97. The molecule has 10 nitrogen and oxygen atoms in total. The van der Waals surface area contributed by atoms with Crippen molar-refractivity contribution in [1.82, 2.24) is 5.32 Å². The smallest absolute Gasteiger partial charge is 0.407 e. The Kier molecular flexibility index (Phi) is 9.00. The van der Waals surface area contributed by atoms with E-state index >= 15 is 0 Å². The molecule has 110 valence electrons. The number of aliphatic hydroxyl groups is 1. The molecular weight excluding hydrogens is 264 g/mol. The van der Waals surface area contributed by atoms with Crippen LogP contribution in [0.1, 0.15) is 6.92 Å². The molecule has 0 aromatic carbocycles. The Balaban J connectivity index is 3.53. The molecule has 0 rings (SSSR count). The van der Waals surface area contributed by atoms with Gasteiger partial charge in [0.15, 0.2) is 5.78 Å². The fourth-order valence-electron chi connectivity index (χ4n) is 0.926. The fourth-order valence-corrected chi connectivity index (χ4v) is 0.926. The quantitative estimate of drug-likeness (QED) is 0.292. The van der Waals surface area contributed by atoms with Gasteiger partial charge >= 0.3 is 6.09 Å². The van der Waals surface area contributed by atoms with Crippen LogP contribution in [-0.2, 0) is 19.1 Å². The lowest BCUT2D eigenvalue weighted by atomic mass is 10.2. The van der Waals surface area contributed by atoms with Crippen molar-refractivity contribution in [3.63, 3.8) is 0 Å². The van der Waals surface area contributed by atoms with Crippen LogP contribution in [0.15, 0.2) is 0 Å². The minimum Gasteiger partial charge on any atom is -0.447 e. The van der Waals surface area contributed by atoms with Crippen molar-refractivity contribution in [1.29, 1.82) is 0 Å². The number of nitrogens with one attached hydrogen (secondary N) is 1. The molecule has 0 aromatic rings. The Bertz CT molecular complexity index is 309. The monoisotopic (exact) mass is 280 g/mol. The van der Waals surface area contributed by atoms with Gasteiger partial charge in [0.2, 0.25) is 0 Å². The van der Waals surface area contributed by atoms with E-state index in [-0.39, 0.29) is 26.4 Å². The molecule has 0 saturated heterocycles. The second kappa shape index (κ2) is 10.0. The maximum atomic E-state index is 11.1. The van der Waals surface area contributed by atoms with E-state index in [4.69, 9.17) is 9.84 Å². The number of ketones is 1. The minimum atomic E-state index is -0.998. The summed E-state index contributed by atoms with van der Waals surface area (Å²) in [6, 6.07) is -0.998. The number of aliphatic hydroxyl groups excluding tert-OH is 1. The van der Waals surface area contributed by atoms with Crippen LogP contribution in [0, 0.1) is 10.1 Å². The van der Waals surface area contributed by atoms with Crippen LogP contribution in [0.3, 0.4) is 0 Å². The highest BCUT2D eigenvalue weighted by Gasteiger charge is 2.16. The van der Waals surface area contributed by atoms with Crippen molar-refractivity contribution in [2.75, 3.05) is 33.0 Å². The number of ether oxygens (including phenoxy) is 2. The summed E-state index contributed by atoms with van der Waals surface area (Å²) in [4.78, 5) is 35.8. The first-order valence-corrected chi connectivity index (χ1v) is 5.37. The molecule has 0 radical (unpaired) electrons. The van der Waals surface area contributed by atoms with Gasteiger partial charge in [-0.15, -0.1) is 10.1 Å². The van der Waals surface area contributed by atoms with Crippen LogP contribution in [0.25, 0.3) is 0 Å². The van der Waals surface area contributed by atoms with Crippen molar-refractivity contribution in [3.8, 4) is 0 Å². The van der Waals surface area contributed by atoms with Crippen LogP contribution < -0.4 is 5.32 Å². The summed E-state index contributed by atoms with van der Waals surface area (Å²) >= 11 is 0. The third-order valence-electron chi connectivity index (χ3n) is 1.85. The number of alkyl carbamates (subject to hydrolysis) is 1. The standard InChI is InChI=1S/C9H16N2O8/c1-7(13)8(6-12)10-9(14)18-4-2-17-3-5-19-11(15)16/h8,12H,2-6H2,1H3,(H,10,14). The molecule has 0 aromatic heterocycles. The first-order valence-electron chi connectivity index (χ1n) is 5.37. The molecule has 1 atom stereocenters. The fraction of sp³-hybridized carbons (Fsp3) is 0.778. The van der Waals surface area contributed by atoms with Gasteiger partial charge in [-0.25, -0.2) is 4.79 Å². The van der Waals surface area contributed by atoms with Gasteiger partial charge in [0.25, 0.3) is 5.09 Å². The minimum absolute atomic E-state index is 0.0152. The highest BCUT2D eigenvalue weighted by Crippen LogP contribution is 1.88. The molecule has 0 aliphatic heterocycles. The maximum Gasteiger partial charge on any atom is 0.407 e. The van der Waals surface area contributed by atoms with Gasteiger partial charge in [-0.05, 0) is 6.92 Å². The van der Waals surface area contributed by atoms with E-state index in [1.165, 1.54) is 6.92 Å². The lowest BCUT2D eigenvalue weighted by molar-refractivity contribution is -0.758. The molecule has 0 saturated carbocycles. The Labute approximate surface area is 108 Å². The normalized spacial score (nSPS) is 11.5. The van der Waals surface area contributed by atoms with E-state index < -0.39 is 29.6 Å². The molecule has 1 unspecified atom stereocenters. The average Bonchev–Trinajstić information content (AvgIpc) is 2.34. The Morgan fingerprint density at radius 1 is 1.32 bits per heavy atom. The largest absolute Gasteiger partial charge is 0.447 e. The molecule has 1 amide bonds. The Morgan fingerprint density at radius 3 is 2.47 bits per heavy atom. The molecule has 10 heteroatoms. The number of amides is 1. The van der Waals surface area contributed by atoms with Gasteiger partial charge in [-0.2, -0.15) is 0 Å². The van der Waals surface area contributed by atoms with Crippen LogP contribution >= 0.6 is 0 Å². The zero-order valence-electron chi connectivity index (χ0n) is 10.4. The van der Waals surface area contributed by atoms with E-state index in [0.717, 1.165) is 0 Å². The van der Waals surface area contributed by atoms with E-state index in [0.29, 0.717) is 0 Å². The lowest BCUT2D eigenvalue weighted by Gasteiger charge is -2.13. The summed E-state index contributed by atoms with van der Waals surface area (Å²) in [6.45, 7) is 0.409. The van der Waals surface area contributed by atoms with Crippen molar-refractivity contribution in [3.05, 3.63) is 10.1 Å². The number of hydrogen-bond acceptors (Lipinski definition) is 8. The summed E-state index contributed by atoms with van der Waals surface area (Å²) < 4.78 is 9.50. The molecule has 0 spiro atoms. The summed E-state index contributed by atoms with van der Waals surface area (Å²) in [6.07, 6.45) is -0.862. The molecule has 0 aliphatic carbocycles. The number of rotatable bonds is 10. The van der Waals surface area contributed by atoms with Crippen molar-refractivity contribution in [2.45, 2.75) is 13.0 Å². The highest BCUT2D eigenvalue weighted by atomic mass is 17.0. The van der Waals surface area contributed by atoms with Gasteiger partial charge in [-0.3, -0.25) is 4.79 Å². The summed E-state index contributed by atoms with van der Waals surface area (Å²) in [5.74, 6) is -0.396. The second-order valence-corrected chi connectivity index (χ2v) is 3.30. The predicted molar refractivity (Wildman–Crippen MR) is 59.8 cm³/mol. The topological polar surface area (TPSA) is 137 Å². The summed E-state index contributed by atoms with van der Waals surface area (Å²) in [7, 11) is 0. The van der Waals surface area contributed by atoms with Crippen molar-refractivity contribution in [2.24, 2.45) is 0 Å². The Hall–Kier alpha value is -1.94. The van der Waals surface area contributed by atoms with Gasteiger partial charge < -0.3 is 24.7 Å². The maximum absolute atomic E-state index is 11.1. The number of hydrogen-bond donors (Lipinski definition) is 2. The summed E-state index contributed by atoms with van der Waals surface area (Å²) in [5, 5.41) is 19.8. The van der Waals surface area contributed by atoms with Gasteiger partial charge in [0, 0.05) is 0 Å². The number of carbonyl (C=O) groups is 2. The Morgan fingerprint density at radius 2 is 1.95 bits per heavy atom. The lowest BCUT2D eigenvalue weighted by Crippen LogP contribution is -2.42. The van der Waals surface area contributed by atoms with Crippen molar-refractivity contribution < 1.29 is 34.1 Å². The predicted octanol–water partition coefficient (Wildman–Crippen LogP) is -1.11. The highest BCUT2D eigenvalue weighted by molar-refractivity contribution is 5.85. The van der Waals surface area contributed by atoms with E-state index in [1.807, 2.05) is 0 Å². The van der Waals surface area contributed by atoms with E-state index in [1.54, 1.807) is 0 Å². The van der Waals surface area contributed by atoms with E-state index in [2.05, 4.69) is 14.9 Å². The molecular formula is C9H16N2O8. The second-order valence-electron chi connectivity index (χ2n) is 3.30. The first kappa shape index (κ1) is 17.1. The van der Waals surface area contributed by atoms with Crippen LogP contribution in [0.2, 0.25) is 0 Å². The zero-order valence-corrected chi connectivity index (χ0v) is 10.4. The third kappa shape index (κ3) is 9.73. The van der Waals surface area contributed by atoms with Gasteiger partial charge in [0.1, 0.15) is 19.3 Å². The van der Waals surface area contributed by atoms with Crippen LogP contribution in [0.4, 0.5) is 4.79 Å². The van der Waals surface area contributed by atoms with Gasteiger partial charge in [0.05, 0.1) is 19.8 Å². The molecule has 2 N–H and O–H groups in total. The summed E-state index contributed by atoms with van der Waals surface area (Å²) in [5.41, 5.74) is 0. The average molecular weight is 280 g/mol. The SMILES string of the molecule is CC(=O)C(CO)NC(=O)OCCOCCO[N+](=O)[O-]. The number of Topliss-reactive ketones (excluding diaryl/α,β-unsaturated/α-hetero) is 1. The molecule has 0 heterocycles. The molecule has 0 aliphatic rings. The van der Waals surface area contributed by atoms with Crippen molar-refractivity contribution >= 4 is 11.9 Å². The molecule has 19 heavy (non-hydrogen) atoms. The number of nitrogens with zero attached hydrogens (tertiary/aromatic N) is 1. The van der Waals surface area contributed by atoms with Crippen LogP contribution in [0.5, 0.6) is 0 Å². The van der Waals surface area contributed by atoms with Crippen LogP contribution in [-0.4, -0.2) is 61.1 Å². The third-order valence-corrected chi connectivity index (χ3v) is 1.85. The zero-order chi connectivity index (χ0) is 14.7.